The number of pyridine rings is 1. The van der Waals surface area contributed by atoms with Crippen LogP contribution in [0.2, 0.25) is 0 Å². The normalized spacial score (nSPS) is 10.8. The third kappa shape index (κ3) is 2.14. The maximum Gasteiger partial charge on any atom is 0.280 e. The minimum Gasteiger partial charge on any atom is -0.392 e. The van der Waals surface area contributed by atoms with Crippen molar-refractivity contribution in [3.05, 3.63) is 29.1 Å². The predicted octanol–water partition coefficient (Wildman–Crippen LogP) is 2.25. The van der Waals surface area contributed by atoms with Crippen molar-refractivity contribution in [1.82, 2.24) is 4.98 Å². The first-order valence-corrected chi connectivity index (χ1v) is 4.15. The molecule has 0 radical (unpaired) electrons. The van der Waals surface area contributed by atoms with Crippen molar-refractivity contribution >= 4 is 11.6 Å². The zero-order valence-corrected chi connectivity index (χ0v) is 7.43. The molecule has 0 aliphatic carbocycles. The fourth-order valence-corrected chi connectivity index (χ4v) is 1.35. The van der Waals surface area contributed by atoms with Crippen LogP contribution in [0, 0.1) is 0 Å². The van der Waals surface area contributed by atoms with Crippen LogP contribution in [0.4, 0.5) is 8.78 Å². The predicted molar refractivity (Wildman–Crippen MR) is 44.7 cm³/mol. The van der Waals surface area contributed by atoms with E-state index >= 15 is 0 Å². The van der Waals surface area contributed by atoms with E-state index in [2.05, 4.69) is 4.98 Å². The van der Waals surface area contributed by atoms with E-state index in [1.807, 2.05) is 0 Å². The van der Waals surface area contributed by atoms with Gasteiger partial charge in [-0.15, -0.1) is 11.6 Å². The van der Waals surface area contributed by atoms with Crippen LogP contribution in [-0.4, -0.2) is 10.1 Å². The maximum atomic E-state index is 12.3. The summed E-state index contributed by atoms with van der Waals surface area (Å²) in [5, 5.41) is 8.82. The van der Waals surface area contributed by atoms with E-state index in [0.717, 1.165) is 0 Å². The van der Waals surface area contributed by atoms with Crippen molar-refractivity contribution < 1.29 is 13.9 Å². The number of halogens is 3. The van der Waals surface area contributed by atoms with E-state index in [-0.39, 0.29) is 23.7 Å². The molecule has 0 spiro atoms. The summed E-state index contributed by atoms with van der Waals surface area (Å²) in [4.78, 5) is 3.51. The molecule has 2 nitrogen and oxygen atoms in total. The molecular formula is C8H8ClF2NO. The maximum absolute atomic E-state index is 12.3. The van der Waals surface area contributed by atoms with Gasteiger partial charge in [0.25, 0.3) is 6.43 Å². The van der Waals surface area contributed by atoms with E-state index in [4.69, 9.17) is 16.7 Å². The molecule has 0 aromatic carbocycles. The summed E-state index contributed by atoms with van der Waals surface area (Å²) in [6.07, 6.45) is -1.41. The van der Waals surface area contributed by atoms with Crippen molar-refractivity contribution in [1.29, 1.82) is 0 Å². The standard InChI is InChI=1S/C8H8ClF2NO/c9-3-6-5(4-13)1-2-12-7(6)8(10)11/h1-2,8,13H,3-4H2. The highest BCUT2D eigenvalue weighted by molar-refractivity contribution is 6.17. The fraction of sp³-hybridized carbons (Fsp3) is 0.375. The third-order valence-electron chi connectivity index (χ3n) is 1.70. The minimum absolute atomic E-state index is 0.0661. The van der Waals surface area contributed by atoms with Gasteiger partial charge in [-0.1, -0.05) is 0 Å². The highest BCUT2D eigenvalue weighted by atomic mass is 35.5. The van der Waals surface area contributed by atoms with Crippen LogP contribution in [0.15, 0.2) is 12.3 Å². The molecule has 1 rings (SSSR count). The first-order valence-electron chi connectivity index (χ1n) is 3.62. The minimum atomic E-state index is -2.65. The number of alkyl halides is 3. The highest BCUT2D eigenvalue weighted by Gasteiger charge is 2.16. The fourth-order valence-electron chi connectivity index (χ4n) is 1.04. The SMILES string of the molecule is OCc1ccnc(C(F)F)c1CCl. The first-order chi connectivity index (χ1) is 6.20. The molecule has 1 aromatic heterocycles. The van der Waals surface area contributed by atoms with Crippen molar-refractivity contribution in [2.75, 3.05) is 0 Å². The lowest BCUT2D eigenvalue weighted by Gasteiger charge is -2.08. The average molecular weight is 208 g/mol. The van der Waals surface area contributed by atoms with Crippen LogP contribution < -0.4 is 0 Å². The Morgan fingerprint density at radius 1 is 1.54 bits per heavy atom. The molecule has 0 saturated heterocycles. The van der Waals surface area contributed by atoms with Crippen molar-refractivity contribution in [2.45, 2.75) is 18.9 Å². The number of hydrogen-bond donors (Lipinski definition) is 1. The second-order valence-corrected chi connectivity index (χ2v) is 2.69. The molecule has 1 heterocycles. The van der Waals surface area contributed by atoms with Crippen LogP contribution in [0.3, 0.4) is 0 Å². The second kappa shape index (κ2) is 4.48. The Morgan fingerprint density at radius 3 is 2.69 bits per heavy atom. The molecule has 0 aliphatic rings. The number of aromatic nitrogens is 1. The summed E-state index contributed by atoms with van der Waals surface area (Å²) in [5.74, 6) is -0.0661. The molecule has 1 aromatic rings. The van der Waals surface area contributed by atoms with Crippen LogP contribution >= 0.6 is 11.6 Å². The lowest BCUT2D eigenvalue weighted by Crippen LogP contribution is -2.01. The number of rotatable bonds is 3. The average Bonchev–Trinajstić information content (AvgIpc) is 2.16. The summed E-state index contributed by atoms with van der Waals surface area (Å²) in [5.41, 5.74) is 0.281. The van der Waals surface area contributed by atoms with Crippen LogP contribution in [0.5, 0.6) is 0 Å². The molecule has 0 unspecified atom stereocenters. The van der Waals surface area contributed by atoms with Gasteiger partial charge < -0.3 is 5.11 Å². The number of hydrogen-bond acceptors (Lipinski definition) is 2. The smallest absolute Gasteiger partial charge is 0.280 e. The van der Waals surface area contributed by atoms with Gasteiger partial charge in [0.2, 0.25) is 0 Å². The van der Waals surface area contributed by atoms with Gasteiger partial charge in [0.1, 0.15) is 5.69 Å². The summed E-state index contributed by atoms with van der Waals surface area (Å²) in [6.45, 7) is -0.301. The van der Waals surface area contributed by atoms with Gasteiger partial charge in [0.05, 0.1) is 6.61 Å². The molecule has 1 N–H and O–H groups in total. The van der Waals surface area contributed by atoms with Gasteiger partial charge >= 0.3 is 0 Å². The van der Waals surface area contributed by atoms with Crippen LogP contribution in [0.1, 0.15) is 23.2 Å². The van der Waals surface area contributed by atoms with Gasteiger partial charge in [-0.25, -0.2) is 8.78 Å². The molecule has 0 aliphatic heterocycles. The van der Waals surface area contributed by atoms with E-state index in [9.17, 15) is 8.78 Å². The molecule has 72 valence electrons. The van der Waals surface area contributed by atoms with Crippen LogP contribution in [0.25, 0.3) is 0 Å². The van der Waals surface area contributed by atoms with Gasteiger partial charge in [-0.2, -0.15) is 0 Å². The zero-order chi connectivity index (χ0) is 9.84. The molecule has 0 saturated carbocycles. The number of aliphatic hydroxyl groups excluding tert-OH is 1. The van der Waals surface area contributed by atoms with E-state index in [1.54, 1.807) is 0 Å². The topological polar surface area (TPSA) is 33.1 Å². The zero-order valence-electron chi connectivity index (χ0n) is 6.67. The number of nitrogens with zero attached hydrogens (tertiary/aromatic N) is 1. The summed E-state index contributed by atoms with van der Waals surface area (Å²) in [7, 11) is 0. The van der Waals surface area contributed by atoms with E-state index < -0.39 is 6.43 Å². The quantitative estimate of drug-likeness (QED) is 0.772. The molecule has 0 bridgehead atoms. The van der Waals surface area contributed by atoms with Crippen molar-refractivity contribution in [2.24, 2.45) is 0 Å². The van der Waals surface area contributed by atoms with E-state index in [1.165, 1.54) is 12.3 Å². The monoisotopic (exact) mass is 207 g/mol. The third-order valence-corrected chi connectivity index (χ3v) is 1.96. The second-order valence-electron chi connectivity index (χ2n) is 2.43. The Balaban J connectivity index is 3.19. The lowest BCUT2D eigenvalue weighted by atomic mass is 10.1. The largest absolute Gasteiger partial charge is 0.392 e. The van der Waals surface area contributed by atoms with Crippen molar-refractivity contribution in [3.63, 3.8) is 0 Å². The molecule has 5 heteroatoms. The Bertz CT molecular complexity index is 293. The van der Waals surface area contributed by atoms with Crippen LogP contribution in [-0.2, 0) is 12.5 Å². The molecule has 0 amide bonds. The van der Waals surface area contributed by atoms with Gasteiger partial charge in [0, 0.05) is 12.1 Å². The highest BCUT2D eigenvalue weighted by Crippen LogP contribution is 2.24. The summed E-state index contributed by atoms with van der Waals surface area (Å²) >= 11 is 5.48. The molecule has 0 fully saturated rings. The lowest BCUT2D eigenvalue weighted by molar-refractivity contribution is 0.144. The Labute approximate surface area is 79.2 Å². The summed E-state index contributed by atoms with van der Waals surface area (Å²) < 4.78 is 24.7. The Hall–Kier alpha value is -0.740. The Kier molecular flexibility index (Phi) is 3.57. The molecule has 13 heavy (non-hydrogen) atoms. The van der Waals surface area contributed by atoms with Gasteiger partial charge in [0.15, 0.2) is 0 Å². The molecule has 0 atom stereocenters. The Morgan fingerprint density at radius 2 is 2.23 bits per heavy atom. The molecular weight excluding hydrogens is 200 g/mol. The van der Waals surface area contributed by atoms with Crippen molar-refractivity contribution in [3.8, 4) is 0 Å². The van der Waals surface area contributed by atoms with Gasteiger partial charge in [-0.05, 0) is 17.2 Å². The summed E-state index contributed by atoms with van der Waals surface area (Å²) in [6, 6.07) is 1.48. The number of aliphatic hydroxyl groups is 1. The van der Waals surface area contributed by atoms with Gasteiger partial charge in [-0.3, -0.25) is 4.98 Å². The van der Waals surface area contributed by atoms with E-state index in [0.29, 0.717) is 5.56 Å². The first kappa shape index (κ1) is 10.3.